The molecule has 0 saturated heterocycles. The summed E-state index contributed by atoms with van der Waals surface area (Å²) in [6, 6.07) is 12.9. The van der Waals surface area contributed by atoms with Gasteiger partial charge in [-0.2, -0.15) is 0 Å². The van der Waals surface area contributed by atoms with E-state index < -0.39 is 11.7 Å². The lowest BCUT2D eigenvalue weighted by Crippen LogP contribution is -2.34. The SMILES string of the molecule is COc1c(/C=C/c2ccc(N(C)C)cc2)oc2cc(OCCNC(=O)OC(C)(C)C)ccc2c1=O. The van der Waals surface area contributed by atoms with Crippen molar-refractivity contribution in [2.75, 3.05) is 39.3 Å². The van der Waals surface area contributed by atoms with Gasteiger partial charge in [-0.05, 0) is 56.7 Å². The average Bonchev–Trinajstić information content (AvgIpc) is 2.79. The van der Waals surface area contributed by atoms with E-state index in [9.17, 15) is 9.59 Å². The van der Waals surface area contributed by atoms with Crippen molar-refractivity contribution >= 4 is 34.9 Å². The first-order valence-corrected chi connectivity index (χ1v) is 11.3. The maximum atomic E-state index is 12.9. The first kappa shape index (κ1) is 25.7. The Morgan fingerprint density at radius 3 is 2.43 bits per heavy atom. The largest absolute Gasteiger partial charge is 0.492 e. The second kappa shape index (κ2) is 11.0. The van der Waals surface area contributed by atoms with Crippen molar-refractivity contribution < 1.29 is 23.4 Å². The molecule has 0 unspecified atom stereocenters. The van der Waals surface area contributed by atoms with Crippen LogP contribution in [0.25, 0.3) is 23.1 Å². The van der Waals surface area contributed by atoms with Gasteiger partial charge < -0.3 is 28.8 Å². The molecule has 3 rings (SSSR count). The molecule has 0 aliphatic rings. The van der Waals surface area contributed by atoms with Crippen molar-refractivity contribution in [1.82, 2.24) is 5.32 Å². The number of methoxy groups -OCH3 is 1. The van der Waals surface area contributed by atoms with Crippen LogP contribution in [0.5, 0.6) is 11.5 Å². The Hall–Kier alpha value is -3.94. The van der Waals surface area contributed by atoms with Crippen LogP contribution in [-0.2, 0) is 4.74 Å². The fourth-order valence-corrected chi connectivity index (χ4v) is 3.26. The van der Waals surface area contributed by atoms with Gasteiger partial charge in [0.15, 0.2) is 5.76 Å². The number of carbonyl (C=O) groups is 1. The summed E-state index contributed by atoms with van der Waals surface area (Å²) in [4.78, 5) is 26.7. The molecule has 1 heterocycles. The zero-order chi connectivity index (χ0) is 25.6. The van der Waals surface area contributed by atoms with Gasteiger partial charge in [-0.15, -0.1) is 0 Å². The summed E-state index contributed by atoms with van der Waals surface area (Å²) in [5.74, 6) is 0.949. The maximum absolute atomic E-state index is 12.9. The average molecular weight is 481 g/mol. The van der Waals surface area contributed by atoms with Gasteiger partial charge in [0.1, 0.15) is 23.5 Å². The van der Waals surface area contributed by atoms with Crippen molar-refractivity contribution in [3.05, 3.63) is 64.0 Å². The van der Waals surface area contributed by atoms with Crippen LogP contribution in [0.15, 0.2) is 51.7 Å². The van der Waals surface area contributed by atoms with Crippen molar-refractivity contribution in [3.8, 4) is 11.5 Å². The Bertz CT molecular complexity index is 1250. The van der Waals surface area contributed by atoms with Gasteiger partial charge >= 0.3 is 6.09 Å². The van der Waals surface area contributed by atoms with Crippen molar-refractivity contribution in [1.29, 1.82) is 0 Å². The first-order chi connectivity index (χ1) is 16.6. The molecule has 0 fully saturated rings. The lowest BCUT2D eigenvalue weighted by Gasteiger charge is -2.19. The van der Waals surface area contributed by atoms with Gasteiger partial charge in [-0.3, -0.25) is 4.79 Å². The third-order valence-corrected chi connectivity index (χ3v) is 4.93. The van der Waals surface area contributed by atoms with Crippen LogP contribution < -0.4 is 25.1 Å². The molecule has 35 heavy (non-hydrogen) atoms. The molecule has 1 amide bonds. The third kappa shape index (κ3) is 7.02. The summed E-state index contributed by atoms with van der Waals surface area (Å²) in [7, 11) is 5.40. The van der Waals surface area contributed by atoms with Gasteiger partial charge in [0.25, 0.3) is 0 Å². The summed E-state index contributed by atoms with van der Waals surface area (Å²) < 4.78 is 22.2. The standard InChI is InChI=1S/C27H32N2O6/c1-27(2,3)35-26(31)28-15-16-33-20-12-13-21-23(17-20)34-22(25(32-6)24(21)30)14-9-18-7-10-19(11-8-18)29(4)5/h7-14,17H,15-16H2,1-6H3,(H,28,31)/b14-9+. The van der Waals surface area contributed by atoms with E-state index >= 15 is 0 Å². The van der Waals surface area contributed by atoms with Crippen LogP contribution >= 0.6 is 0 Å². The number of anilines is 1. The molecular formula is C27H32N2O6. The number of ether oxygens (including phenoxy) is 3. The number of nitrogens with zero attached hydrogens (tertiary/aromatic N) is 1. The number of hydrogen-bond donors (Lipinski definition) is 1. The molecule has 2 aromatic carbocycles. The fourth-order valence-electron chi connectivity index (χ4n) is 3.26. The molecule has 0 aliphatic carbocycles. The highest BCUT2D eigenvalue weighted by Crippen LogP contribution is 2.26. The van der Waals surface area contributed by atoms with E-state index in [-0.39, 0.29) is 24.3 Å². The van der Waals surface area contributed by atoms with Gasteiger partial charge in [-0.25, -0.2) is 4.79 Å². The molecule has 8 heteroatoms. The predicted molar refractivity (Wildman–Crippen MR) is 138 cm³/mol. The zero-order valence-electron chi connectivity index (χ0n) is 21.0. The Morgan fingerprint density at radius 2 is 1.80 bits per heavy atom. The summed E-state index contributed by atoms with van der Waals surface area (Å²) >= 11 is 0. The number of nitrogens with one attached hydrogen (secondary N) is 1. The van der Waals surface area contributed by atoms with Crippen molar-refractivity contribution in [3.63, 3.8) is 0 Å². The van der Waals surface area contributed by atoms with Gasteiger partial charge in [0, 0.05) is 25.8 Å². The summed E-state index contributed by atoms with van der Waals surface area (Å²) in [6.45, 7) is 5.88. The highest BCUT2D eigenvalue weighted by atomic mass is 16.6. The summed E-state index contributed by atoms with van der Waals surface area (Å²) in [5.41, 5.74) is 1.58. The van der Waals surface area contributed by atoms with Crippen molar-refractivity contribution in [2.45, 2.75) is 26.4 Å². The Kier molecular flexibility index (Phi) is 8.06. The number of hydrogen-bond acceptors (Lipinski definition) is 7. The predicted octanol–water partition coefficient (Wildman–Crippen LogP) is 4.94. The normalized spacial score (nSPS) is 11.5. The zero-order valence-corrected chi connectivity index (χ0v) is 21.0. The van der Waals surface area contributed by atoms with E-state index in [1.165, 1.54) is 7.11 Å². The lowest BCUT2D eigenvalue weighted by molar-refractivity contribution is 0.0520. The number of carbonyl (C=O) groups excluding carboxylic acids is 1. The molecule has 0 radical (unpaired) electrons. The monoisotopic (exact) mass is 480 g/mol. The minimum Gasteiger partial charge on any atom is -0.492 e. The Balaban J connectivity index is 1.76. The van der Waals surface area contributed by atoms with E-state index in [1.54, 1.807) is 45.0 Å². The van der Waals surface area contributed by atoms with Gasteiger partial charge in [0.2, 0.25) is 11.2 Å². The topological polar surface area (TPSA) is 90.2 Å². The highest BCUT2D eigenvalue weighted by molar-refractivity contribution is 5.82. The second-order valence-electron chi connectivity index (χ2n) is 9.08. The number of benzene rings is 2. The number of alkyl carbamates (subject to hydrolysis) is 1. The van der Waals surface area contributed by atoms with E-state index in [4.69, 9.17) is 18.6 Å². The summed E-state index contributed by atoms with van der Waals surface area (Å²) in [5, 5.41) is 3.02. The minimum atomic E-state index is -0.566. The Morgan fingerprint density at radius 1 is 1.09 bits per heavy atom. The quantitative estimate of drug-likeness (QED) is 0.457. The first-order valence-electron chi connectivity index (χ1n) is 11.3. The lowest BCUT2D eigenvalue weighted by atomic mass is 10.1. The minimum absolute atomic E-state index is 0.133. The van der Waals surface area contributed by atoms with Gasteiger partial charge in [-0.1, -0.05) is 18.2 Å². The fraction of sp³-hybridized carbons (Fsp3) is 0.333. The molecule has 1 aromatic heterocycles. The van der Waals surface area contributed by atoms with E-state index in [1.807, 2.05) is 49.3 Å². The molecule has 0 atom stereocenters. The van der Waals surface area contributed by atoms with Crippen LogP contribution in [0, 0.1) is 0 Å². The van der Waals surface area contributed by atoms with E-state index in [0.717, 1.165) is 11.3 Å². The molecule has 0 saturated carbocycles. The van der Waals surface area contributed by atoms with Crippen LogP contribution in [0.3, 0.4) is 0 Å². The van der Waals surface area contributed by atoms with Crippen LogP contribution in [0.2, 0.25) is 0 Å². The second-order valence-corrected chi connectivity index (χ2v) is 9.08. The van der Waals surface area contributed by atoms with Crippen molar-refractivity contribution in [2.24, 2.45) is 0 Å². The van der Waals surface area contributed by atoms with Gasteiger partial charge in [0.05, 0.1) is 19.0 Å². The van der Waals surface area contributed by atoms with Crippen LogP contribution in [0.4, 0.5) is 10.5 Å². The number of fused-ring (bicyclic) bond motifs is 1. The molecule has 0 aliphatic heterocycles. The van der Waals surface area contributed by atoms with E-state index in [0.29, 0.717) is 22.5 Å². The molecule has 0 bridgehead atoms. The maximum Gasteiger partial charge on any atom is 0.407 e. The number of rotatable bonds is 8. The highest BCUT2D eigenvalue weighted by Gasteiger charge is 2.16. The molecule has 0 spiro atoms. The molecule has 186 valence electrons. The molecular weight excluding hydrogens is 448 g/mol. The third-order valence-electron chi connectivity index (χ3n) is 4.93. The Labute approximate surface area is 205 Å². The number of amides is 1. The van der Waals surface area contributed by atoms with Crippen LogP contribution in [-0.4, -0.2) is 46.1 Å². The van der Waals surface area contributed by atoms with Crippen LogP contribution in [0.1, 0.15) is 32.1 Å². The molecule has 1 N–H and O–H groups in total. The molecule has 8 nitrogen and oxygen atoms in total. The van der Waals surface area contributed by atoms with E-state index in [2.05, 4.69) is 5.32 Å². The summed E-state index contributed by atoms with van der Waals surface area (Å²) in [6.07, 6.45) is 3.06. The smallest absolute Gasteiger partial charge is 0.407 e. The molecule has 3 aromatic rings.